The van der Waals surface area contributed by atoms with Gasteiger partial charge in [-0.3, -0.25) is 0 Å². The standard InChI is InChI=1S/C34H45N5O9S2/c1-35-49(41,42)30-9-5-8-29(18-30)47-25-28(40)21-36-27-20-34(48-24-27)10-12-39(13-11-34)50(43,44)31-19-32-33(37-22-31)46-17-15-38(32)14-16-45-23-26-6-3-2-4-7-26/h2-9,18-19,22,27-28,35-36,40H,10-17,20-21,23-25H2,1H3/t27?,28-/m0/s1. The van der Waals surface area contributed by atoms with Crippen molar-refractivity contribution in [3.63, 3.8) is 0 Å². The van der Waals surface area contributed by atoms with E-state index >= 15 is 0 Å². The Hall–Kier alpha value is -3.35. The number of aliphatic hydroxyl groups excluding tert-OH is 1. The zero-order valence-corrected chi connectivity index (χ0v) is 29.7. The van der Waals surface area contributed by atoms with E-state index in [2.05, 4.69) is 19.9 Å². The number of aromatic nitrogens is 1. The first-order valence-corrected chi connectivity index (χ1v) is 19.7. The van der Waals surface area contributed by atoms with Crippen molar-refractivity contribution in [1.29, 1.82) is 0 Å². The van der Waals surface area contributed by atoms with Gasteiger partial charge in [0.2, 0.25) is 25.9 Å². The van der Waals surface area contributed by atoms with Gasteiger partial charge in [0.15, 0.2) is 0 Å². The molecule has 272 valence electrons. The van der Waals surface area contributed by atoms with Crippen LogP contribution < -0.4 is 24.4 Å². The molecule has 2 aromatic carbocycles. The van der Waals surface area contributed by atoms with E-state index in [1.54, 1.807) is 18.2 Å². The first kappa shape index (κ1) is 36.4. The third kappa shape index (κ3) is 8.74. The Kier molecular flexibility index (Phi) is 11.6. The zero-order valence-electron chi connectivity index (χ0n) is 28.1. The number of sulfonamides is 2. The molecule has 0 amide bonds. The van der Waals surface area contributed by atoms with Crippen molar-refractivity contribution in [2.45, 2.75) is 53.4 Å². The summed E-state index contributed by atoms with van der Waals surface area (Å²) in [6.45, 7) is 3.93. The molecule has 16 heteroatoms. The molecule has 4 heterocycles. The van der Waals surface area contributed by atoms with Gasteiger partial charge < -0.3 is 34.3 Å². The average Bonchev–Trinajstić information content (AvgIpc) is 3.53. The molecule has 3 N–H and O–H groups in total. The zero-order chi connectivity index (χ0) is 35.2. The summed E-state index contributed by atoms with van der Waals surface area (Å²) in [6.07, 6.45) is 2.33. The van der Waals surface area contributed by atoms with Gasteiger partial charge >= 0.3 is 0 Å². The van der Waals surface area contributed by atoms with Gasteiger partial charge in [-0.05, 0) is 50.1 Å². The third-order valence-electron chi connectivity index (χ3n) is 9.31. The number of hydrogen-bond acceptors (Lipinski definition) is 12. The number of anilines is 1. The number of piperidine rings is 1. The minimum atomic E-state index is -3.80. The second-order valence-corrected chi connectivity index (χ2v) is 16.5. The van der Waals surface area contributed by atoms with Crippen LogP contribution in [0, 0.1) is 0 Å². The number of hydrogen-bond donors (Lipinski definition) is 3. The monoisotopic (exact) mass is 731 g/mol. The van der Waals surface area contributed by atoms with Gasteiger partial charge in [-0.2, -0.15) is 4.31 Å². The van der Waals surface area contributed by atoms with Gasteiger partial charge in [0.05, 0.1) is 43.1 Å². The van der Waals surface area contributed by atoms with Crippen LogP contribution in [-0.4, -0.2) is 115 Å². The molecule has 1 spiro atoms. The Balaban J connectivity index is 0.968. The molecule has 0 bridgehead atoms. The molecule has 0 radical (unpaired) electrons. The lowest BCUT2D eigenvalue weighted by atomic mass is 9.88. The highest BCUT2D eigenvalue weighted by Crippen LogP contribution is 2.38. The van der Waals surface area contributed by atoms with E-state index in [1.807, 2.05) is 30.3 Å². The Morgan fingerprint density at radius 2 is 1.84 bits per heavy atom. The van der Waals surface area contributed by atoms with Crippen molar-refractivity contribution < 1.29 is 40.9 Å². The molecule has 50 heavy (non-hydrogen) atoms. The summed E-state index contributed by atoms with van der Waals surface area (Å²) in [4.78, 5) is 6.63. The Bertz CT molecular complexity index is 1810. The van der Waals surface area contributed by atoms with Gasteiger partial charge in [0, 0.05) is 38.3 Å². The molecule has 2 saturated heterocycles. The van der Waals surface area contributed by atoms with E-state index in [1.165, 1.54) is 29.7 Å². The molecule has 3 aliphatic rings. The number of aliphatic hydroxyl groups is 1. The average molecular weight is 732 g/mol. The van der Waals surface area contributed by atoms with Crippen LogP contribution in [0.2, 0.25) is 0 Å². The lowest BCUT2D eigenvalue weighted by Gasteiger charge is -2.38. The minimum absolute atomic E-state index is 0.00981. The molecule has 14 nitrogen and oxygen atoms in total. The molecule has 3 aliphatic heterocycles. The summed E-state index contributed by atoms with van der Waals surface area (Å²) in [7, 11) is -6.07. The van der Waals surface area contributed by atoms with Crippen LogP contribution >= 0.6 is 0 Å². The van der Waals surface area contributed by atoms with Crippen LogP contribution in [0.1, 0.15) is 24.8 Å². The molecule has 0 aliphatic carbocycles. The molecule has 2 fully saturated rings. The van der Waals surface area contributed by atoms with E-state index < -0.39 is 31.8 Å². The van der Waals surface area contributed by atoms with Crippen molar-refractivity contribution in [2.75, 3.05) is 71.1 Å². The van der Waals surface area contributed by atoms with E-state index in [0.717, 1.165) is 5.56 Å². The number of nitrogens with one attached hydrogen (secondary N) is 2. The lowest BCUT2D eigenvalue weighted by molar-refractivity contribution is -0.0312. The maximum absolute atomic E-state index is 13.8. The van der Waals surface area contributed by atoms with Gasteiger partial charge in [-0.25, -0.2) is 26.5 Å². The molecule has 6 rings (SSSR count). The van der Waals surface area contributed by atoms with Gasteiger partial charge in [-0.1, -0.05) is 36.4 Å². The normalized spacial score (nSPS) is 20.0. The smallest absolute Gasteiger partial charge is 0.244 e. The van der Waals surface area contributed by atoms with Gasteiger partial charge in [0.1, 0.15) is 35.7 Å². The summed E-state index contributed by atoms with van der Waals surface area (Å²) in [5, 5.41) is 13.8. The number of nitrogens with zero attached hydrogens (tertiary/aromatic N) is 3. The fraction of sp³-hybridized carbons (Fsp3) is 0.500. The van der Waals surface area contributed by atoms with E-state index in [-0.39, 0.29) is 29.0 Å². The summed E-state index contributed by atoms with van der Waals surface area (Å²) >= 11 is 0. The highest BCUT2D eigenvalue weighted by atomic mass is 32.2. The van der Waals surface area contributed by atoms with Crippen molar-refractivity contribution in [1.82, 2.24) is 19.3 Å². The fourth-order valence-electron chi connectivity index (χ4n) is 6.46. The van der Waals surface area contributed by atoms with Crippen LogP contribution in [0.4, 0.5) is 5.69 Å². The van der Waals surface area contributed by atoms with Gasteiger partial charge in [0.25, 0.3) is 0 Å². The van der Waals surface area contributed by atoms with Crippen LogP contribution in [0.25, 0.3) is 0 Å². The summed E-state index contributed by atoms with van der Waals surface area (Å²) in [5.41, 5.74) is 1.29. The molecular formula is C34H45N5O9S2. The minimum Gasteiger partial charge on any atom is -0.491 e. The van der Waals surface area contributed by atoms with Crippen LogP contribution in [-0.2, 0) is 36.1 Å². The fourth-order valence-corrected chi connectivity index (χ4v) is 8.63. The molecular weight excluding hydrogens is 687 g/mol. The first-order valence-electron chi connectivity index (χ1n) is 16.8. The molecule has 1 unspecified atom stereocenters. The second kappa shape index (κ2) is 15.9. The highest BCUT2D eigenvalue weighted by molar-refractivity contribution is 7.89. The molecule has 0 saturated carbocycles. The molecule has 3 aromatic rings. The van der Waals surface area contributed by atoms with Crippen molar-refractivity contribution >= 4 is 25.7 Å². The maximum Gasteiger partial charge on any atom is 0.244 e. The quantitative estimate of drug-likeness (QED) is 0.194. The Morgan fingerprint density at radius 1 is 1.04 bits per heavy atom. The number of ether oxygens (including phenoxy) is 4. The van der Waals surface area contributed by atoms with E-state index in [4.69, 9.17) is 18.9 Å². The highest BCUT2D eigenvalue weighted by Gasteiger charge is 2.45. The number of rotatable bonds is 15. The lowest BCUT2D eigenvalue weighted by Crippen LogP contribution is -2.47. The molecule has 1 aromatic heterocycles. The second-order valence-electron chi connectivity index (χ2n) is 12.7. The predicted molar refractivity (Wildman–Crippen MR) is 185 cm³/mol. The number of pyridine rings is 1. The van der Waals surface area contributed by atoms with Crippen LogP contribution in [0.15, 0.2) is 76.7 Å². The summed E-state index contributed by atoms with van der Waals surface area (Å²) in [5.74, 6) is 0.755. The van der Waals surface area contributed by atoms with E-state index in [0.29, 0.717) is 89.2 Å². The van der Waals surface area contributed by atoms with Crippen LogP contribution in [0.5, 0.6) is 11.6 Å². The Morgan fingerprint density at radius 3 is 2.62 bits per heavy atom. The first-order chi connectivity index (χ1) is 24.1. The van der Waals surface area contributed by atoms with Crippen molar-refractivity contribution in [2.24, 2.45) is 0 Å². The number of fused-ring (bicyclic) bond motifs is 1. The van der Waals surface area contributed by atoms with Crippen molar-refractivity contribution in [3.05, 3.63) is 72.4 Å². The maximum atomic E-state index is 13.8. The summed E-state index contributed by atoms with van der Waals surface area (Å²) in [6, 6.07) is 17.7. The Labute approximate surface area is 293 Å². The topological polar surface area (TPSA) is 169 Å². The van der Waals surface area contributed by atoms with Crippen LogP contribution in [0.3, 0.4) is 0 Å². The number of benzene rings is 2. The predicted octanol–water partition coefficient (Wildman–Crippen LogP) is 1.75. The van der Waals surface area contributed by atoms with Crippen molar-refractivity contribution in [3.8, 4) is 11.6 Å². The summed E-state index contributed by atoms with van der Waals surface area (Å²) < 4.78 is 78.9. The largest absolute Gasteiger partial charge is 0.491 e. The third-order valence-corrected chi connectivity index (χ3v) is 12.6. The van der Waals surface area contributed by atoms with Gasteiger partial charge in [-0.15, -0.1) is 0 Å². The van der Waals surface area contributed by atoms with E-state index in [9.17, 15) is 21.9 Å². The molecule has 2 atom stereocenters. The SMILES string of the molecule is CNS(=O)(=O)c1cccc(OC[C@@H](O)CNC2COC3(CCN(S(=O)(=O)c4cnc5c(c4)N(CCOCc4ccccc4)CCO5)CC3)C2)c1.